The summed E-state index contributed by atoms with van der Waals surface area (Å²) < 4.78 is 1.14. The molecule has 0 aliphatic carbocycles. The van der Waals surface area contributed by atoms with Crippen LogP contribution in [0.25, 0.3) is 22.3 Å². The summed E-state index contributed by atoms with van der Waals surface area (Å²) in [6, 6.07) is 44.6. The Kier molecular flexibility index (Phi) is 18.2. The first-order chi connectivity index (χ1) is 27.2. The maximum absolute atomic E-state index is 6.16. The Balaban J connectivity index is 0.000000344. The Labute approximate surface area is 379 Å². The minimum Gasteiger partial charge on any atom is -0.412 e. The van der Waals surface area contributed by atoms with Gasteiger partial charge in [-0.1, -0.05) is 218 Å². The lowest BCUT2D eigenvalue weighted by Crippen LogP contribution is -2.12. The van der Waals surface area contributed by atoms with E-state index < -0.39 is 0 Å². The average molecular weight is 886 g/mol. The molecule has 0 aromatic heterocycles. The first kappa shape index (κ1) is 52.7. The van der Waals surface area contributed by atoms with Crippen LogP contribution >= 0.6 is 15.9 Å². The van der Waals surface area contributed by atoms with E-state index in [1.165, 1.54) is 72.3 Å². The van der Waals surface area contributed by atoms with Gasteiger partial charge < -0.3 is 17.4 Å². The van der Waals surface area contributed by atoms with E-state index in [0.717, 1.165) is 22.1 Å². The molecule has 0 aliphatic heterocycles. The summed E-state index contributed by atoms with van der Waals surface area (Å²) >= 11 is 3.41. The zero-order valence-electron chi connectivity index (χ0n) is 40.4. The molecule has 0 radical (unpaired) electrons. The molecule has 0 unspecified atom stereocenters. The largest absolute Gasteiger partial charge is 0.412 e. The topological polar surface area (TPSA) is 92.5 Å². The highest BCUT2D eigenvalue weighted by Crippen LogP contribution is 2.35. The molecule has 61 heavy (non-hydrogen) atoms. The molecule has 3 nitrogen and oxygen atoms in total. The van der Waals surface area contributed by atoms with Gasteiger partial charge in [0.05, 0.1) is 0 Å². The van der Waals surface area contributed by atoms with Gasteiger partial charge in [0.2, 0.25) is 0 Å². The fourth-order valence-corrected chi connectivity index (χ4v) is 7.56. The SMILES string of the molecule is CC(C)(C)c1ccc(Br)cc1.Cc1cc(C)cc(-c2cc(C(C)(C)C)ccc2Cc2ccc(C(C)(C)C)cc2)c1.Cc1cc(C)cc(-c2cc(C(C)(C)C)ccc2N)c1.N.O. The van der Waals surface area contributed by atoms with Crippen LogP contribution in [0.4, 0.5) is 5.69 Å². The summed E-state index contributed by atoms with van der Waals surface area (Å²) in [5.74, 6) is 0. The van der Waals surface area contributed by atoms with Crippen LogP contribution in [0.2, 0.25) is 0 Å². The molecule has 0 saturated carbocycles. The number of anilines is 1. The molecule has 0 aliphatic rings. The first-order valence-electron chi connectivity index (χ1n) is 21.3. The number of aryl methyl sites for hydroxylation is 4. The van der Waals surface area contributed by atoms with Crippen molar-refractivity contribution in [3.8, 4) is 22.3 Å². The quantitative estimate of drug-likeness (QED) is 0.173. The van der Waals surface area contributed by atoms with E-state index in [1.807, 2.05) is 6.07 Å². The minimum atomic E-state index is 0. The number of halogens is 1. The summed E-state index contributed by atoms with van der Waals surface area (Å²) in [5.41, 5.74) is 26.2. The highest BCUT2D eigenvalue weighted by molar-refractivity contribution is 9.10. The van der Waals surface area contributed by atoms with Gasteiger partial charge in [-0.15, -0.1) is 0 Å². The summed E-state index contributed by atoms with van der Waals surface area (Å²) in [4.78, 5) is 0. The van der Waals surface area contributed by atoms with Crippen LogP contribution in [-0.4, -0.2) is 5.48 Å². The fraction of sp³-hybridized carbons (Fsp3) is 0.368. The molecule has 328 valence electrons. The van der Waals surface area contributed by atoms with Crippen molar-refractivity contribution in [1.82, 2.24) is 6.15 Å². The molecular formula is C57H77BrN2O. The van der Waals surface area contributed by atoms with Gasteiger partial charge in [-0.3, -0.25) is 0 Å². The predicted molar refractivity (Wildman–Crippen MR) is 274 cm³/mol. The zero-order chi connectivity index (χ0) is 44.1. The molecule has 6 aromatic carbocycles. The highest BCUT2D eigenvalue weighted by Gasteiger charge is 2.19. The van der Waals surface area contributed by atoms with E-state index in [4.69, 9.17) is 5.73 Å². The van der Waals surface area contributed by atoms with Crippen LogP contribution in [-0.2, 0) is 28.1 Å². The zero-order valence-corrected chi connectivity index (χ0v) is 42.0. The van der Waals surface area contributed by atoms with Gasteiger partial charge in [0.25, 0.3) is 0 Å². The van der Waals surface area contributed by atoms with Gasteiger partial charge in [-0.05, 0) is 130 Å². The number of hydrogen-bond acceptors (Lipinski definition) is 2. The van der Waals surface area contributed by atoms with E-state index in [2.05, 4.69) is 242 Å². The normalized spacial score (nSPS) is 11.6. The lowest BCUT2D eigenvalue weighted by atomic mass is 9.82. The third-order valence-corrected chi connectivity index (χ3v) is 11.4. The summed E-state index contributed by atoms with van der Waals surface area (Å²) in [7, 11) is 0. The molecular weight excluding hydrogens is 809 g/mol. The van der Waals surface area contributed by atoms with Crippen LogP contribution < -0.4 is 11.9 Å². The van der Waals surface area contributed by atoms with Crippen molar-refractivity contribution < 1.29 is 5.48 Å². The molecule has 0 bridgehead atoms. The van der Waals surface area contributed by atoms with Crippen LogP contribution in [0.5, 0.6) is 0 Å². The van der Waals surface area contributed by atoms with Crippen molar-refractivity contribution in [2.75, 3.05) is 5.73 Å². The average Bonchev–Trinajstić information content (AvgIpc) is 3.10. The lowest BCUT2D eigenvalue weighted by Gasteiger charge is -2.22. The number of rotatable bonds is 4. The Bertz CT molecular complexity index is 2290. The Hall–Kier alpha value is -4.48. The molecule has 6 rings (SSSR count). The van der Waals surface area contributed by atoms with Crippen molar-refractivity contribution in [1.29, 1.82) is 0 Å². The third-order valence-electron chi connectivity index (χ3n) is 10.9. The van der Waals surface area contributed by atoms with E-state index in [0.29, 0.717) is 0 Å². The lowest BCUT2D eigenvalue weighted by molar-refractivity contribution is 0.589. The number of nitrogen functional groups attached to an aromatic ring is 1. The Morgan fingerprint density at radius 2 is 0.738 bits per heavy atom. The van der Waals surface area contributed by atoms with Crippen LogP contribution in [0.1, 0.15) is 139 Å². The van der Waals surface area contributed by atoms with Crippen LogP contribution in [0.15, 0.2) is 126 Å². The van der Waals surface area contributed by atoms with E-state index in [1.54, 1.807) is 0 Å². The molecule has 7 N–H and O–H groups in total. The van der Waals surface area contributed by atoms with Crippen molar-refractivity contribution in [3.63, 3.8) is 0 Å². The Morgan fingerprint density at radius 3 is 1.13 bits per heavy atom. The van der Waals surface area contributed by atoms with Crippen molar-refractivity contribution >= 4 is 21.6 Å². The highest BCUT2D eigenvalue weighted by atomic mass is 79.9. The van der Waals surface area contributed by atoms with Crippen molar-refractivity contribution in [2.24, 2.45) is 0 Å². The molecule has 6 aromatic rings. The second-order valence-electron chi connectivity index (χ2n) is 20.8. The summed E-state index contributed by atoms with van der Waals surface area (Å²) in [6.07, 6.45) is 0.956. The van der Waals surface area contributed by atoms with Gasteiger partial charge in [0.15, 0.2) is 0 Å². The third kappa shape index (κ3) is 15.4. The molecule has 0 amide bonds. The van der Waals surface area contributed by atoms with E-state index in [-0.39, 0.29) is 33.3 Å². The molecule has 4 heteroatoms. The van der Waals surface area contributed by atoms with Gasteiger partial charge in [0, 0.05) is 15.7 Å². The number of benzene rings is 6. The Morgan fingerprint density at radius 1 is 0.410 bits per heavy atom. The minimum absolute atomic E-state index is 0. The monoisotopic (exact) mass is 885 g/mol. The maximum atomic E-state index is 6.16. The molecule has 0 saturated heterocycles. The smallest absolute Gasteiger partial charge is 0.0393 e. The van der Waals surface area contributed by atoms with Gasteiger partial charge in [-0.25, -0.2) is 0 Å². The van der Waals surface area contributed by atoms with E-state index in [9.17, 15) is 0 Å². The van der Waals surface area contributed by atoms with E-state index >= 15 is 0 Å². The summed E-state index contributed by atoms with van der Waals surface area (Å²) in [6.45, 7) is 35.6. The second kappa shape index (κ2) is 21.1. The van der Waals surface area contributed by atoms with Gasteiger partial charge in [0.1, 0.15) is 0 Å². The van der Waals surface area contributed by atoms with Crippen LogP contribution in [0.3, 0.4) is 0 Å². The molecule has 0 atom stereocenters. The molecule has 0 heterocycles. The molecule has 0 fully saturated rings. The number of nitrogens with two attached hydrogens (primary N) is 1. The van der Waals surface area contributed by atoms with Crippen LogP contribution in [0, 0.1) is 27.7 Å². The predicted octanol–water partition coefficient (Wildman–Crippen LogP) is 16.1. The fourth-order valence-electron chi connectivity index (χ4n) is 7.29. The standard InChI is InChI=1S/C29H36.C18H23N.C10H13Br.H3N.H2O/c1-20-15-21(2)17-24(16-20)27-19-26(29(6,7)8)14-11-23(27)18-22-9-12-25(13-10-22)28(3,4)5;1-12-8-13(2)10-14(9-12)16-11-15(18(3,4)5)6-7-17(16)19;1-10(2,3)8-4-6-9(11)7-5-8;;/h9-17,19H,18H2,1-8H3;6-11H,19H2,1-5H3;4-7H,1-3H3;1H3;1H2. The van der Waals surface area contributed by atoms with Crippen molar-refractivity contribution in [2.45, 2.75) is 139 Å². The molecule has 0 spiro atoms. The van der Waals surface area contributed by atoms with Gasteiger partial charge in [-0.2, -0.15) is 0 Å². The first-order valence-corrected chi connectivity index (χ1v) is 22.1. The number of hydrogen-bond donors (Lipinski definition) is 2. The van der Waals surface area contributed by atoms with Crippen molar-refractivity contribution in [3.05, 3.63) is 181 Å². The summed E-state index contributed by atoms with van der Waals surface area (Å²) in [5, 5.41) is 0. The maximum Gasteiger partial charge on any atom is 0.0393 e. The van der Waals surface area contributed by atoms with Gasteiger partial charge >= 0.3 is 0 Å². The second-order valence-corrected chi connectivity index (χ2v) is 21.7.